The number of carbonyl (C=O) groups is 4. The number of rotatable bonds is 5. The van der Waals surface area contributed by atoms with Gasteiger partial charge in [-0.05, 0) is 35.9 Å². The van der Waals surface area contributed by atoms with Gasteiger partial charge in [0.25, 0.3) is 17.7 Å². The van der Waals surface area contributed by atoms with Crippen molar-refractivity contribution < 1.29 is 19.2 Å². The van der Waals surface area contributed by atoms with E-state index in [1.807, 2.05) is 19.1 Å². The Morgan fingerprint density at radius 3 is 2.60 bits per heavy atom. The molecule has 0 saturated carbocycles. The summed E-state index contributed by atoms with van der Waals surface area (Å²) in [5.74, 6) is -3.13. The summed E-state index contributed by atoms with van der Waals surface area (Å²) in [6.45, 7) is 1.45. The van der Waals surface area contributed by atoms with Crippen LogP contribution >= 0.6 is 22.9 Å². The maximum Gasteiger partial charge on any atom is 0.274 e. The number of Topliss-reactive ketones (excluding diaryl/α,β-unsaturated/α-hetero) is 1. The van der Waals surface area contributed by atoms with E-state index in [0.29, 0.717) is 11.3 Å². The number of amides is 3. The Kier molecular flexibility index (Phi) is 5.58. The molecule has 1 fully saturated rings. The predicted molar refractivity (Wildman–Crippen MR) is 113 cm³/mol. The van der Waals surface area contributed by atoms with Crippen LogP contribution in [0.25, 0.3) is 0 Å². The van der Waals surface area contributed by atoms with Crippen molar-refractivity contribution in [2.24, 2.45) is 17.8 Å². The molecule has 8 heteroatoms. The van der Waals surface area contributed by atoms with Gasteiger partial charge in [0.05, 0.1) is 27.3 Å². The number of hydrogen-bond donors (Lipinski definition) is 0. The van der Waals surface area contributed by atoms with Gasteiger partial charge in [-0.25, -0.2) is 5.01 Å². The van der Waals surface area contributed by atoms with E-state index in [-0.39, 0.29) is 22.3 Å². The molecular formula is C22H19ClN2O4S. The molecule has 6 nitrogen and oxygen atoms in total. The van der Waals surface area contributed by atoms with Crippen LogP contribution in [0.3, 0.4) is 0 Å². The van der Waals surface area contributed by atoms with E-state index in [0.717, 1.165) is 10.0 Å². The summed E-state index contributed by atoms with van der Waals surface area (Å²) in [5.41, 5.74) is 0.125. The van der Waals surface area contributed by atoms with Gasteiger partial charge in [-0.1, -0.05) is 48.9 Å². The molecule has 1 aromatic heterocycles. The summed E-state index contributed by atoms with van der Waals surface area (Å²) < 4.78 is 0. The third-order valence-corrected chi connectivity index (χ3v) is 6.76. The number of benzene rings is 1. The van der Waals surface area contributed by atoms with Gasteiger partial charge in [0, 0.05) is 0 Å². The summed E-state index contributed by atoms with van der Waals surface area (Å²) in [5, 5.41) is 3.76. The molecule has 30 heavy (non-hydrogen) atoms. The SMILES string of the molecule is C[C@@H]1C=CC[C@H]2C(=O)N(N(CC(=O)c3cccs3)C(=O)c3ccccc3Cl)C(=O)[C@H]12. The predicted octanol–water partition coefficient (Wildman–Crippen LogP) is 3.84. The van der Waals surface area contributed by atoms with Crippen LogP contribution in [0.4, 0.5) is 0 Å². The molecule has 2 aliphatic rings. The molecule has 2 heterocycles. The average Bonchev–Trinajstić information content (AvgIpc) is 3.35. The van der Waals surface area contributed by atoms with E-state index in [9.17, 15) is 19.2 Å². The Hall–Kier alpha value is -2.77. The van der Waals surface area contributed by atoms with E-state index in [2.05, 4.69) is 0 Å². The fraction of sp³-hybridized carbons (Fsp3) is 0.273. The van der Waals surface area contributed by atoms with E-state index in [4.69, 9.17) is 11.6 Å². The first-order chi connectivity index (χ1) is 14.4. The molecule has 3 amide bonds. The Labute approximate surface area is 182 Å². The summed E-state index contributed by atoms with van der Waals surface area (Å²) in [6, 6.07) is 9.74. The second-order valence-electron chi connectivity index (χ2n) is 7.39. The second kappa shape index (κ2) is 8.16. The standard InChI is InChI=1S/C22H19ClN2O4S/c1-13-6-4-8-15-19(13)22(29)25(21(15)28)24(12-17(26)18-10-5-11-30-18)20(27)14-7-2-3-9-16(14)23/h2-7,9-11,13,15,19H,8,12H2,1H3/t13-,15-,19-/m1/s1. The van der Waals surface area contributed by atoms with Gasteiger partial charge in [0.1, 0.15) is 6.54 Å². The number of thiophene rings is 1. The highest BCUT2D eigenvalue weighted by Crippen LogP contribution is 2.39. The summed E-state index contributed by atoms with van der Waals surface area (Å²) in [6.07, 6.45) is 4.23. The lowest BCUT2D eigenvalue weighted by Gasteiger charge is -2.30. The number of carbonyl (C=O) groups excluding carboxylic acids is 4. The van der Waals surface area contributed by atoms with Gasteiger partial charge < -0.3 is 0 Å². The minimum absolute atomic E-state index is 0.125. The number of ketones is 1. The lowest BCUT2D eigenvalue weighted by Crippen LogP contribution is -2.52. The van der Waals surface area contributed by atoms with Crippen molar-refractivity contribution in [1.29, 1.82) is 0 Å². The molecule has 1 aromatic carbocycles. The highest BCUT2D eigenvalue weighted by Gasteiger charge is 2.53. The molecular weight excluding hydrogens is 424 g/mol. The Morgan fingerprint density at radius 2 is 1.93 bits per heavy atom. The molecule has 154 valence electrons. The first-order valence-electron chi connectivity index (χ1n) is 9.57. The molecule has 1 aliphatic heterocycles. The van der Waals surface area contributed by atoms with Crippen LogP contribution in [0.5, 0.6) is 0 Å². The molecule has 1 saturated heterocycles. The smallest absolute Gasteiger partial charge is 0.274 e. The monoisotopic (exact) mass is 442 g/mol. The lowest BCUT2D eigenvalue weighted by atomic mass is 9.78. The lowest BCUT2D eigenvalue weighted by molar-refractivity contribution is -0.154. The minimum atomic E-state index is -0.661. The van der Waals surface area contributed by atoms with E-state index in [1.54, 1.807) is 35.7 Å². The van der Waals surface area contributed by atoms with E-state index < -0.39 is 36.1 Å². The van der Waals surface area contributed by atoms with Crippen LogP contribution in [-0.2, 0) is 9.59 Å². The number of imide groups is 1. The highest BCUT2D eigenvalue weighted by atomic mass is 35.5. The Morgan fingerprint density at radius 1 is 1.17 bits per heavy atom. The molecule has 0 spiro atoms. The first-order valence-corrected chi connectivity index (χ1v) is 10.8. The van der Waals surface area contributed by atoms with E-state index >= 15 is 0 Å². The topological polar surface area (TPSA) is 74.8 Å². The number of hydrogen-bond acceptors (Lipinski definition) is 5. The Bertz CT molecular complexity index is 1050. The van der Waals surface area contributed by atoms with Crippen molar-refractivity contribution in [3.8, 4) is 0 Å². The molecule has 3 atom stereocenters. The maximum absolute atomic E-state index is 13.4. The van der Waals surface area contributed by atoms with Crippen LogP contribution in [0, 0.1) is 17.8 Å². The van der Waals surface area contributed by atoms with Gasteiger partial charge in [-0.2, -0.15) is 5.01 Å². The van der Waals surface area contributed by atoms with Gasteiger partial charge in [0.15, 0.2) is 5.78 Å². The van der Waals surface area contributed by atoms with Crippen LogP contribution in [-0.4, -0.2) is 40.1 Å². The number of hydrazine groups is 1. The van der Waals surface area contributed by atoms with Crippen molar-refractivity contribution in [2.45, 2.75) is 13.3 Å². The molecule has 0 radical (unpaired) electrons. The highest BCUT2D eigenvalue weighted by molar-refractivity contribution is 7.12. The zero-order valence-corrected chi connectivity index (χ0v) is 17.7. The molecule has 0 N–H and O–H groups in total. The van der Waals surface area contributed by atoms with Gasteiger partial charge in [-0.15, -0.1) is 11.3 Å². The van der Waals surface area contributed by atoms with Crippen molar-refractivity contribution >= 4 is 46.4 Å². The molecule has 4 rings (SSSR count). The summed E-state index contributed by atoms with van der Waals surface area (Å²) in [4.78, 5) is 53.0. The third-order valence-electron chi connectivity index (χ3n) is 5.52. The van der Waals surface area contributed by atoms with Crippen molar-refractivity contribution in [2.75, 3.05) is 6.54 Å². The number of allylic oxidation sites excluding steroid dienone is 2. The van der Waals surface area contributed by atoms with Crippen LogP contribution in [0.1, 0.15) is 33.4 Å². The van der Waals surface area contributed by atoms with E-state index in [1.165, 1.54) is 17.4 Å². The Balaban J connectivity index is 1.73. The fourth-order valence-electron chi connectivity index (χ4n) is 4.03. The average molecular weight is 443 g/mol. The zero-order valence-electron chi connectivity index (χ0n) is 16.2. The van der Waals surface area contributed by atoms with Crippen molar-refractivity contribution in [3.63, 3.8) is 0 Å². The fourth-order valence-corrected chi connectivity index (χ4v) is 4.90. The number of fused-ring (bicyclic) bond motifs is 1. The normalized spacial score (nSPS) is 22.9. The summed E-state index contributed by atoms with van der Waals surface area (Å²) in [7, 11) is 0. The quantitative estimate of drug-likeness (QED) is 0.400. The molecule has 0 bridgehead atoms. The molecule has 0 unspecified atom stereocenters. The van der Waals surface area contributed by atoms with Gasteiger partial charge in [0.2, 0.25) is 0 Å². The van der Waals surface area contributed by atoms with Crippen LogP contribution in [0.15, 0.2) is 53.9 Å². The maximum atomic E-state index is 13.4. The van der Waals surface area contributed by atoms with Gasteiger partial charge >= 0.3 is 0 Å². The number of nitrogens with zero attached hydrogens (tertiary/aromatic N) is 2. The summed E-state index contributed by atoms with van der Waals surface area (Å²) >= 11 is 7.43. The zero-order chi connectivity index (χ0) is 21.4. The minimum Gasteiger partial charge on any atom is -0.291 e. The number of halogens is 1. The van der Waals surface area contributed by atoms with Crippen molar-refractivity contribution in [1.82, 2.24) is 10.0 Å². The molecule has 2 aromatic rings. The second-order valence-corrected chi connectivity index (χ2v) is 8.74. The van der Waals surface area contributed by atoms with Gasteiger partial charge in [-0.3, -0.25) is 19.2 Å². The largest absolute Gasteiger partial charge is 0.291 e. The molecule has 1 aliphatic carbocycles. The first kappa shape index (κ1) is 20.5. The third kappa shape index (κ3) is 3.48. The van der Waals surface area contributed by atoms with Crippen molar-refractivity contribution in [3.05, 3.63) is 69.4 Å². The van der Waals surface area contributed by atoms with Crippen LogP contribution < -0.4 is 0 Å². The van der Waals surface area contributed by atoms with Crippen LogP contribution in [0.2, 0.25) is 5.02 Å².